The normalized spacial score (nSPS) is 11.9. The number of carbonyl (C=O) groups is 1. The van der Waals surface area contributed by atoms with Gasteiger partial charge < -0.3 is 9.73 Å². The molecule has 0 spiro atoms. The van der Waals surface area contributed by atoms with Gasteiger partial charge in [-0.1, -0.05) is 13.0 Å². The summed E-state index contributed by atoms with van der Waals surface area (Å²) in [4.78, 5) is 12.4. The highest BCUT2D eigenvalue weighted by Crippen LogP contribution is 2.27. The Morgan fingerprint density at radius 3 is 2.80 bits per heavy atom. The fourth-order valence-electron chi connectivity index (χ4n) is 2.59. The molecule has 0 atom stereocenters. The highest BCUT2D eigenvalue weighted by atomic mass is 19.4. The summed E-state index contributed by atoms with van der Waals surface area (Å²) in [7, 11) is 0. The molecule has 0 unspecified atom stereocenters. The van der Waals surface area contributed by atoms with Crippen molar-refractivity contribution in [2.75, 3.05) is 5.32 Å². The summed E-state index contributed by atoms with van der Waals surface area (Å²) in [6.07, 6.45) is -1.23. The summed E-state index contributed by atoms with van der Waals surface area (Å²) in [5.41, 5.74) is 2.57. The third kappa shape index (κ3) is 3.67. The van der Waals surface area contributed by atoms with Crippen molar-refractivity contribution in [3.05, 3.63) is 47.5 Å². The van der Waals surface area contributed by atoms with Crippen LogP contribution in [0.25, 0.3) is 11.0 Å². The maximum atomic E-state index is 12.4. The molecule has 0 radical (unpaired) electrons. The molecule has 1 N–H and O–H groups in total. The van der Waals surface area contributed by atoms with Gasteiger partial charge in [0, 0.05) is 17.1 Å². The molecular formula is C17H16F3N3O2. The van der Waals surface area contributed by atoms with Crippen molar-refractivity contribution in [1.82, 2.24) is 9.78 Å². The highest BCUT2D eigenvalue weighted by Gasteiger charge is 2.28. The predicted octanol–water partition coefficient (Wildman–Crippen LogP) is 4.31. The number of hydrogen-bond acceptors (Lipinski definition) is 3. The summed E-state index contributed by atoms with van der Waals surface area (Å²) in [6.45, 7) is 2.59. The van der Waals surface area contributed by atoms with Gasteiger partial charge in [-0.05, 0) is 31.0 Å². The Morgan fingerprint density at radius 1 is 1.36 bits per heavy atom. The van der Waals surface area contributed by atoms with E-state index in [1.165, 1.54) is 0 Å². The quantitative estimate of drug-likeness (QED) is 0.762. The maximum Gasteiger partial charge on any atom is 0.408 e. The van der Waals surface area contributed by atoms with Crippen LogP contribution in [0.5, 0.6) is 0 Å². The van der Waals surface area contributed by atoms with Gasteiger partial charge in [0.25, 0.3) is 5.91 Å². The van der Waals surface area contributed by atoms with Gasteiger partial charge >= 0.3 is 6.18 Å². The summed E-state index contributed by atoms with van der Waals surface area (Å²) >= 11 is 0. The zero-order valence-electron chi connectivity index (χ0n) is 13.6. The number of aromatic nitrogens is 2. The summed E-state index contributed by atoms with van der Waals surface area (Å²) in [6, 6.07) is 5.69. The van der Waals surface area contributed by atoms with E-state index in [2.05, 4.69) is 10.4 Å². The number of halogens is 3. The molecule has 5 nitrogen and oxygen atoms in total. The van der Waals surface area contributed by atoms with Gasteiger partial charge in [0.2, 0.25) is 0 Å². The number of amides is 1. The van der Waals surface area contributed by atoms with Crippen LogP contribution >= 0.6 is 0 Å². The lowest BCUT2D eigenvalue weighted by Gasteiger charge is -2.05. The molecule has 2 heterocycles. The molecule has 1 aromatic carbocycles. The van der Waals surface area contributed by atoms with Crippen LogP contribution in [-0.4, -0.2) is 21.9 Å². The standard InChI is InChI=1S/C17H16F3N3O2/c1-3-11-4-5-14-13(6-11)10(2)15(25-14)16(24)22-12-7-21-23(8-12)9-17(18,19)20/h4-8H,3,9H2,1-2H3,(H,22,24). The second-order valence-corrected chi connectivity index (χ2v) is 5.74. The number of nitrogens with zero attached hydrogens (tertiary/aromatic N) is 2. The van der Waals surface area contributed by atoms with Gasteiger partial charge in [-0.25, -0.2) is 0 Å². The topological polar surface area (TPSA) is 60.1 Å². The molecule has 132 valence electrons. The van der Waals surface area contributed by atoms with Gasteiger partial charge in [0.15, 0.2) is 5.76 Å². The summed E-state index contributed by atoms with van der Waals surface area (Å²) in [5, 5.41) is 6.94. The largest absolute Gasteiger partial charge is 0.451 e. The number of hydrogen-bond donors (Lipinski definition) is 1. The number of alkyl halides is 3. The Labute approximate surface area is 141 Å². The van der Waals surface area contributed by atoms with E-state index in [0.717, 1.165) is 29.8 Å². The Morgan fingerprint density at radius 2 is 2.12 bits per heavy atom. The van der Waals surface area contributed by atoms with Crippen molar-refractivity contribution in [3.63, 3.8) is 0 Å². The van der Waals surface area contributed by atoms with Crippen LogP contribution < -0.4 is 5.32 Å². The van der Waals surface area contributed by atoms with Crippen LogP contribution in [0, 0.1) is 6.92 Å². The molecule has 25 heavy (non-hydrogen) atoms. The van der Waals surface area contributed by atoms with Crippen LogP contribution in [0.15, 0.2) is 35.0 Å². The van der Waals surface area contributed by atoms with E-state index in [9.17, 15) is 18.0 Å². The first-order chi connectivity index (χ1) is 11.8. The molecule has 0 fully saturated rings. The molecule has 2 aromatic heterocycles. The molecule has 0 aliphatic carbocycles. The number of rotatable bonds is 4. The number of fused-ring (bicyclic) bond motifs is 1. The molecular weight excluding hydrogens is 335 g/mol. The Hall–Kier alpha value is -2.77. The lowest BCUT2D eigenvalue weighted by Crippen LogP contribution is -2.18. The van der Waals surface area contributed by atoms with E-state index < -0.39 is 18.6 Å². The molecule has 1 amide bonds. The van der Waals surface area contributed by atoms with Crippen molar-refractivity contribution in [3.8, 4) is 0 Å². The number of carbonyl (C=O) groups excluding carboxylic acids is 1. The second-order valence-electron chi connectivity index (χ2n) is 5.74. The smallest absolute Gasteiger partial charge is 0.408 e. The van der Waals surface area contributed by atoms with Crippen molar-refractivity contribution >= 4 is 22.6 Å². The number of benzene rings is 1. The first-order valence-corrected chi connectivity index (χ1v) is 7.69. The number of aryl methyl sites for hydroxylation is 2. The van der Waals surface area contributed by atoms with Crippen molar-refractivity contribution in [2.24, 2.45) is 0 Å². The average Bonchev–Trinajstić information content (AvgIpc) is 3.10. The third-order valence-electron chi connectivity index (χ3n) is 3.85. The third-order valence-corrected chi connectivity index (χ3v) is 3.85. The Balaban J connectivity index is 1.82. The van der Waals surface area contributed by atoms with E-state index in [1.54, 1.807) is 13.0 Å². The Kier molecular flexibility index (Phi) is 4.28. The molecule has 3 rings (SSSR count). The lowest BCUT2D eigenvalue weighted by atomic mass is 10.1. The van der Waals surface area contributed by atoms with E-state index >= 15 is 0 Å². The summed E-state index contributed by atoms with van der Waals surface area (Å²) < 4.78 is 43.4. The molecule has 3 aromatic rings. The fourth-order valence-corrected chi connectivity index (χ4v) is 2.59. The van der Waals surface area contributed by atoms with Gasteiger partial charge in [0.1, 0.15) is 12.1 Å². The maximum absolute atomic E-state index is 12.4. The minimum Gasteiger partial charge on any atom is -0.451 e. The lowest BCUT2D eigenvalue weighted by molar-refractivity contribution is -0.142. The van der Waals surface area contributed by atoms with Gasteiger partial charge in [-0.3, -0.25) is 9.48 Å². The van der Waals surface area contributed by atoms with Gasteiger partial charge in [-0.15, -0.1) is 0 Å². The van der Waals surface area contributed by atoms with Crippen LogP contribution in [-0.2, 0) is 13.0 Å². The molecule has 0 bridgehead atoms. The predicted molar refractivity (Wildman–Crippen MR) is 86.6 cm³/mol. The van der Waals surface area contributed by atoms with Crippen LogP contribution in [0.4, 0.5) is 18.9 Å². The first-order valence-electron chi connectivity index (χ1n) is 7.69. The van der Waals surface area contributed by atoms with Crippen LogP contribution in [0.1, 0.15) is 28.6 Å². The zero-order valence-corrected chi connectivity index (χ0v) is 13.6. The van der Waals surface area contributed by atoms with Gasteiger partial charge in [-0.2, -0.15) is 18.3 Å². The molecule has 8 heteroatoms. The van der Waals surface area contributed by atoms with E-state index in [-0.39, 0.29) is 11.4 Å². The van der Waals surface area contributed by atoms with Crippen LogP contribution in [0.2, 0.25) is 0 Å². The fraction of sp³-hybridized carbons (Fsp3) is 0.294. The highest BCUT2D eigenvalue weighted by molar-refractivity contribution is 6.06. The number of anilines is 1. The van der Waals surface area contributed by atoms with E-state index in [0.29, 0.717) is 15.8 Å². The Bertz CT molecular complexity index is 925. The monoisotopic (exact) mass is 351 g/mol. The molecule has 0 aliphatic heterocycles. The van der Waals surface area contributed by atoms with Gasteiger partial charge in [0.05, 0.1) is 11.9 Å². The molecule has 0 saturated carbocycles. The van der Waals surface area contributed by atoms with E-state index in [4.69, 9.17) is 4.42 Å². The number of furan rings is 1. The van der Waals surface area contributed by atoms with E-state index in [1.807, 2.05) is 19.1 Å². The summed E-state index contributed by atoms with van der Waals surface area (Å²) in [5.74, 6) is -0.398. The van der Waals surface area contributed by atoms with Crippen molar-refractivity contribution in [1.29, 1.82) is 0 Å². The minimum atomic E-state index is -4.38. The zero-order chi connectivity index (χ0) is 18.2. The second kappa shape index (κ2) is 6.27. The first kappa shape index (κ1) is 17.1. The van der Waals surface area contributed by atoms with Crippen molar-refractivity contribution < 1.29 is 22.4 Å². The van der Waals surface area contributed by atoms with Crippen LogP contribution in [0.3, 0.4) is 0 Å². The number of nitrogens with one attached hydrogen (secondary N) is 1. The minimum absolute atomic E-state index is 0.131. The SMILES string of the molecule is CCc1ccc2oc(C(=O)Nc3cnn(CC(F)(F)F)c3)c(C)c2c1. The van der Waals surface area contributed by atoms with Crippen molar-refractivity contribution in [2.45, 2.75) is 33.0 Å². The molecule has 0 aliphatic rings. The molecule has 0 saturated heterocycles. The average molecular weight is 351 g/mol.